The van der Waals surface area contributed by atoms with E-state index in [0.717, 1.165) is 0 Å². The van der Waals surface area contributed by atoms with Crippen molar-refractivity contribution in [3.05, 3.63) is 72.8 Å². The van der Waals surface area contributed by atoms with E-state index in [4.69, 9.17) is 0 Å². The molecule has 0 saturated heterocycles. The summed E-state index contributed by atoms with van der Waals surface area (Å²) in [4.78, 5) is 0. The second-order valence-electron chi connectivity index (χ2n) is 5.84. The van der Waals surface area contributed by atoms with Crippen molar-refractivity contribution in [2.45, 2.75) is 13.3 Å². The zero-order valence-corrected chi connectivity index (χ0v) is 18.0. The molecule has 4 heteroatoms. The van der Waals surface area contributed by atoms with Gasteiger partial charge in [0.25, 0.3) is 0 Å². The van der Waals surface area contributed by atoms with Crippen molar-refractivity contribution < 1.29 is 46.5 Å². The van der Waals surface area contributed by atoms with Crippen molar-refractivity contribution in [1.82, 2.24) is 0 Å². The van der Waals surface area contributed by atoms with Gasteiger partial charge in [0, 0.05) is 0 Å². The number of fused-ring (bicyclic) bond motifs is 2. The van der Waals surface area contributed by atoms with E-state index < -0.39 is 0 Å². The Morgan fingerprint density at radius 3 is 1.60 bits per heavy atom. The molecule has 0 N–H and O–H groups in total. The second-order valence-corrected chi connectivity index (χ2v) is 8.17. The Hall–Kier alpha value is -0.616. The normalized spacial score (nSPS) is 10.3. The van der Waals surface area contributed by atoms with Crippen molar-refractivity contribution in [2.75, 3.05) is 6.16 Å². The first-order chi connectivity index (χ1) is 10.8. The molecule has 0 fully saturated rings. The third-order valence-corrected chi connectivity index (χ3v) is 6.93. The molecule has 0 aliphatic heterocycles. The molecule has 0 atom stereocenters. The minimum atomic E-state index is -0.245. The molecule has 4 rings (SSSR count). The summed E-state index contributed by atoms with van der Waals surface area (Å²) in [5, 5.41) is 8.53. The van der Waals surface area contributed by atoms with Crippen molar-refractivity contribution in [1.29, 1.82) is 0 Å². The van der Waals surface area contributed by atoms with Gasteiger partial charge >= 0.3 is 21.7 Å². The Morgan fingerprint density at radius 2 is 1.20 bits per heavy atom. The van der Waals surface area contributed by atoms with Crippen LogP contribution in [0.25, 0.3) is 21.5 Å². The molecule has 0 nitrogen and oxygen atoms in total. The van der Waals surface area contributed by atoms with E-state index >= 15 is 0 Å². The van der Waals surface area contributed by atoms with Crippen LogP contribution >= 0.6 is 7.92 Å². The summed E-state index contributed by atoms with van der Waals surface area (Å²) in [7, 11) is -0.245. The van der Waals surface area contributed by atoms with E-state index in [1.165, 1.54) is 44.7 Å². The van der Waals surface area contributed by atoms with Gasteiger partial charge in [-0.15, -0.1) is 80.7 Å². The number of halogens is 2. The first-order valence-electron chi connectivity index (χ1n) is 7.93. The summed E-state index contributed by atoms with van der Waals surface area (Å²) in [6.45, 7) is 2.29. The van der Waals surface area contributed by atoms with Crippen LogP contribution in [0.3, 0.4) is 0 Å². The molecule has 0 spiro atoms. The van der Waals surface area contributed by atoms with Crippen LogP contribution in [0.2, 0.25) is 0 Å². The molecule has 0 saturated carbocycles. The summed E-state index contributed by atoms with van der Waals surface area (Å²) in [5.41, 5.74) is 0. The van der Waals surface area contributed by atoms with Crippen molar-refractivity contribution in [2.24, 2.45) is 0 Å². The van der Waals surface area contributed by atoms with Gasteiger partial charge in [-0.05, 0) is 6.16 Å². The molecule has 4 aromatic carbocycles. The van der Waals surface area contributed by atoms with Gasteiger partial charge in [0.15, 0.2) is 0 Å². The van der Waals surface area contributed by atoms with Gasteiger partial charge in [-0.1, -0.05) is 33.4 Å². The monoisotopic (exact) mass is 420 g/mol. The van der Waals surface area contributed by atoms with Crippen LogP contribution in [0.1, 0.15) is 13.3 Å². The van der Waals surface area contributed by atoms with Gasteiger partial charge in [0.1, 0.15) is 0 Å². The summed E-state index contributed by atoms with van der Waals surface area (Å²) >= 11 is 0. The summed E-state index contributed by atoms with van der Waals surface area (Å²) in [6, 6.07) is 27.0. The fraction of sp³-hybridized carbons (Fsp3) is 0.143. The van der Waals surface area contributed by atoms with Crippen LogP contribution in [0.5, 0.6) is 0 Å². The van der Waals surface area contributed by atoms with Gasteiger partial charge in [0.2, 0.25) is 0 Å². The predicted octanol–water partition coefficient (Wildman–Crippen LogP) is -0.721. The molecule has 126 valence electrons. The molecule has 25 heavy (non-hydrogen) atoms. The predicted molar refractivity (Wildman–Crippen MR) is 100 cm³/mol. The molecule has 0 aliphatic carbocycles. The quantitative estimate of drug-likeness (QED) is 0.232. The summed E-state index contributed by atoms with van der Waals surface area (Å²) in [6.07, 6.45) is 2.50. The van der Waals surface area contributed by atoms with E-state index in [2.05, 4.69) is 79.7 Å². The largest absolute Gasteiger partial charge is 4.00 e. The standard InChI is InChI=1S/C21H19P.2ClH.Ti/c1-2-11-22(20-12-16-7-3-4-8-17(16)13-20)21-14-18-9-5-6-10-19(18)15-21;;;/h3-10,12-15H,2,11H2,1H3;2*1H;/q-2;;;+4/p-2. The fourth-order valence-corrected chi connectivity index (χ4v) is 5.65. The molecular formula is C21H19Cl2PTi. The Labute approximate surface area is 178 Å². The molecule has 0 heterocycles. The van der Waals surface area contributed by atoms with E-state index in [-0.39, 0.29) is 54.5 Å². The van der Waals surface area contributed by atoms with Crippen LogP contribution in [-0.2, 0) is 21.7 Å². The number of rotatable bonds is 4. The molecule has 0 bridgehead atoms. The van der Waals surface area contributed by atoms with Crippen molar-refractivity contribution >= 4 is 40.1 Å². The van der Waals surface area contributed by atoms with Crippen LogP contribution in [0.15, 0.2) is 72.8 Å². The minimum absolute atomic E-state index is 0. The van der Waals surface area contributed by atoms with E-state index in [9.17, 15) is 0 Å². The van der Waals surface area contributed by atoms with Crippen LogP contribution in [0.4, 0.5) is 0 Å². The zero-order valence-electron chi connectivity index (χ0n) is 14.0. The maximum Gasteiger partial charge on any atom is 4.00 e. The summed E-state index contributed by atoms with van der Waals surface area (Å²) in [5.74, 6) is 0. The average Bonchev–Trinajstić information content (AvgIpc) is 3.15. The fourth-order valence-electron chi connectivity index (χ4n) is 3.21. The third-order valence-electron chi connectivity index (χ3n) is 4.28. The molecule has 0 unspecified atom stereocenters. The van der Waals surface area contributed by atoms with E-state index in [1.54, 1.807) is 0 Å². The first kappa shape index (κ1) is 22.4. The Kier molecular flexibility index (Phi) is 8.89. The molecule has 4 aromatic rings. The maximum absolute atomic E-state index is 2.40. The maximum atomic E-state index is 2.40. The Balaban J connectivity index is 0.00000104. The number of benzene rings is 2. The first-order valence-corrected chi connectivity index (χ1v) is 9.46. The van der Waals surface area contributed by atoms with Gasteiger partial charge in [0.05, 0.1) is 0 Å². The molecule has 0 amide bonds. The van der Waals surface area contributed by atoms with Crippen molar-refractivity contribution in [3.63, 3.8) is 0 Å². The van der Waals surface area contributed by atoms with E-state index in [0.29, 0.717) is 0 Å². The van der Waals surface area contributed by atoms with Gasteiger partial charge in [-0.3, -0.25) is 0 Å². The molecular weight excluding hydrogens is 402 g/mol. The number of hydrogen-bond donors (Lipinski definition) is 0. The summed E-state index contributed by atoms with van der Waals surface area (Å²) < 4.78 is 0. The van der Waals surface area contributed by atoms with Crippen LogP contribution in [-0.4, -0.2) is 6.16 Å². The number of hydrogen-bond acceptors (Lipinski definition) is 0. The van der Waals surface area contributed by atoms with Gasteiger partial charge in [-0.2, -0.15) is 12.1 Å². The van der Waals surface area contributed by atoms with Crippen LogP contribution < -0.4 is 35.4 Å². The second kappa shape index (κ2) is 9.91. The molecule has 0 radical (unpaired) electrons. The third kappa shape index (κ3) is 4.57. The Morgan fingerprint density at radius 1 is 0.760 bits per heavy atom. The van der Waals surface area contributed by atoms with E-state index in [1.807, 2.05) is 0 Å². The zero-order chi connectivity index (χ0) is 14.9. The topological polar surface area (TPSA) is 0 Å². The van der Waals surface area contributed by atoms with Gasteiger partial charge < -0.3 is 24.8 Å². The molecule has 0 aliphatic rings. The minimum Gasteiger partial charge on any atom is -1.00 e. The Bertz CT molecular complexity index is 786. The van der Waals surface area contributed by atoms with Crippen LogP contribution in [0, 0.1) is 0 Å². The SMILES string of the molecule is CCCP(c1cc2ccccc2[cH-]1)c1cc2ccccc2[cH-]1.[Cl-].[Cl-].[Ti+4]. The smallest absolute Gasteiger partial charge is 1.00 e. The molecule has 0 aromatic heterocycles. The average molecular weight is 421 g/mol. The van der Waals surface area contributed by atoms with Gasteiger partial charge in [-0.25, -0.2) is 0 Å². The van der Waals surface area contributed by atoms with Crippen molar-refractivity contribution in [3.8, 4) is 0 Å².